The molecule has 2 aromatic carbocycles. The van der Waals surface area contributed by atoms with Crippen molar-refractivity contribution in [1.82, 2.24) is 9.80 Å². The Kier molecular flexibility index (Phi) is 6.63. The number of amides is 2. The first kappa shape index (κ1) is 21.8. The van der Waals surface area contributed by atoms with E-state index >= 15 is 0 Å². The summed E-state index contributed by atoms with van der Waals surface area (Å²) in [5.41, 5.74) is 1.39. The molecule has 1 aliphatic rings. The zero-order chi connectivity index (χ0) is 21.3. The highest BCUT2D eigenvalue weighted by molar-refractivity contribution is 9.10. The quantitative estimate of drug-likeness (QED) is 0.330. The van der Waals surface area contributed by atoms with Gasteiger partial charge in [-0.1, -0.05) is 41.4 Å². The first-order chi connectivity index (χ1) is 13.7. The van der Waals surface area contributed by atoms with Gasteiger partial charge in [-0.05, 0) is 58.0 Å². The third-order valence-corrected chi connectivity index (χ3v) is 6.09. The molecule has 2 amide bonds. The Morgan fingerprint density at radius 1 is 1.07 bits per heavy atom. The normalized spacial score (nSPS) is 14.5. The van der Waals surface area contributed by atoms with Crippen LogP contribution in [0.4, 0.5) is 0 Å². The van der Waals surface area contributed by atoms with Crippen molar-refractivity contribution in [2.75, 3.05) is 14.1 Å². The number of likely N-dealkylation sites (N-methyl/N-ethyl adjacent to an activating group) is 2. The highest BCUT2D eigenvalue weighted by Crippen LogP contribution is 2.36. The molecule has 29 heavy (non-hydrogen) atoms. The van der Waals surface area contributed by atoms with E-state index in [-0.39, 0.29) is 17.3 Å². The molecule has 0 atom stereocenters. The molecule has 1 aliphatic heterocycles. The number of hydrogen-bond donors (Lipinski definition) is 0. The fourth-order valence-electron chi connectivity index (χ4n) is 2.71. The first-order valence-electron chi connectivity index (χ1n) is 8.37. The molecule has 1 saturated heterocycles. The van der Waals surface area contributed by atoms with Crippen LogP contribution in [0.3, 0.4) is 0 Å². The van der Waals surface area contributed by atoms with Crippen molar-refractivity contribution in [3.05, 3.63) is 67.6 Å². The number of nitrogens with zero attached hydrogens (tertiary/aromatic N) is 2. The Labute approximate surface area is 192 Å². The SMILES string of the molecule is CN1C(=O)C(=Cc2cc(Cl)c(OCc3ccccc3Cl)c(Br)c2)C(=O)N(C)C1=S. The average molecular weight is 514 g/mol. The molecule has 0 spiro atoms. The highest BCUT2D eigenvalue weighted by atomic mass is 79.9. The molecule has 0 radical (unpaired) electrons. The molecule has 1 heterocycles. The fraction of sp³-hybridized carbons (Fsp3) is 0.150. The smallest absolute Gasteiger partial charge is 0.265 e. The van der Waals surface area contributed by atoms with Gasteiger partial charge in [0.15, 0.2) is 10.9 Å². The zero-order valence-electron chi connectivity index (χ0n) is 15.4. The minimum atomic E-state index is -0.468. The van der Waals surface area contributed by atoms with E-state index in [1.807, 2.05) is 18.2 Å². The van der Waals surface area contributed by atoms with E-state index in [1.165, 1.54) is 30.0 Å². The minimum absolute atomic E-state index is 0.00342. The van der Waals surface area contributed by atoms with Crippen LogP contribution in [0, 0.1) is 0 Å². The molecule has 0 N–H and O–H groups in total. The number of carbonyl (C=O) groups is 2. The van der Waals surface area contributed by atoms with Crippen molar-refractivity contribution in [2.24, 2.45) is 0 Å². The van der Waals surface area contributed by atoms with Crippen LogP contribution in [-0.4, -0.2) is 40.8 Å². The Bertz CT molecular complexity index is 1010. The van der Waals surface area contributed by atoms with Gasteiger partial charge in [0.25, 0.3) is 11.8 Å². The van der Waals surface area contributed by atoms with Crippen LogP contribution in [0.2, 0.25) is 10.0 Å². The number of rotatable bonds is 4. The second-order valence-electron chi connectivity index (χ2n) is 6.26. The molecular formula is C20H15BrCl2N2O3S. The number of ether oxygens (including phenoxy) is 1. The van der Waals surface area contributed by atoms with Gasteiger partial charge in [0.05, 0.1) is 9.50 Å². The van der Waals surface area contributed by atoms with Crippen LogP contribution in [0.25, 0.3) is 6.08 Å². The maximum atomic E-state index is 12.5. The van der Waals surface area contributed by atoms with E-state index in [9.17, 15) is 9.59 Å². The molecule has 0 aromatic heterocycles. The van der Waals surface area contributed by atoms with Gasteiger partial charge in [0.1, 0.15) is 12.2 Å². The van der Waals surface area contributed by atoms with Crippen molar-refractivity contribution in [2.45, 2.75) is 6.61 Å². The molecule has 5 nitrogen and oxygen atoms in total. The summed E-state index contributed by atoms with van der Waals surface area (Å²) >= 11 is 21.1. The molecule has 150 valence electrons. The maximum absolute atomic E-state index is 12.5. The largest absolute Gasteiger partial charge is 0.486 e. The van der Waals surface area contributed by atoms with Crippen LogP contribution in [0.15, 0.2) is 46.4 Å². The van der Waals surface area contributed by atoms with E-state index in [2.05, 4.69) is 15.9 Å². The number of carbonyl (C=O) groups excluding carboxylic acids is 2. The molecular weight excluding hydrogens is 499 g/mol. The van der Waals surface area contributed by atoms with Crippen LogP contribution in [0.1, 0.15) is 11.1 Å². The third-order valence-electron chi connectivity index (χ3n) is 4.31. The number of hydrogen-bond acceptors (Lipinski definition) is 4. The van der Waals surface area contributed by atoms with E-state index in [1.54, 1.807) is 18.2 Å². The minimum Gasteiger partial charge on any atom is -0.486 e. The van der Waals surface area contributed by atoms with Crippen LogP contribution in [-0.2, 0) is 16.2 Å². The van der Waals surface area contributed by atoms with E-state index < -0.39 is 11.8 Å². The molecule has 0 aliphatic carbocycles. The van der Waals surface area contributed by atoms with Crippen molar-refractivity contribution in [3.8, 4) is 5.75 Å². The number of benzene rings is 2. The van der Waals surface area contributed by atoms with Gasteiger partial charge >= 0.3 is 0 Å². The predicted molar refractivity (Wildman–Crippen MR) is 121 cm³/mol. The lowest BCUT2D eigenvalue weighted by Crippen LogP contribution is -2.52. The van der Waals surface area contributed by atoms with Gasteiger partial charge in [-0.25, -0.2) is 0 Å². The molecule has 3 rings (SSSR count). The topological polar surface area (TPSA) is 49.9 Å². The van der Waals surface area contributed by atoms with Crippen LogP contribution < -0.4 is 4.74 Å². The summed E-state index contributed by atoms with van der Waals surface area (Å²) < 4.78 is 6.40. The lowest BCUT2D eigenvalue weighted by molar-refractivity contribution is -0.132. The summed E-state index contributed by atoms with van der Waals surface area (Å²) in [5, 5.41) is 1.08. The maximum Gasteiger partial charge on any atom is 0.265 e. The summed E-state index contributed by atoms with van der Waals surface area (Å²) in [6.45, 7) is 0.239. The van der Waals surface area contributed by atoms with Gasteiger partial charge in [0.2, 0.25) is 0 Å². The van der Waals surface area contributed by atoms with Gasteiger partial charge in [-0.3, -0.25) is 19.4 Å². The standard InChI is InChI=1S/C20H15BrCl2N2O3S/c1-24-18(26)13(19(27)25(2)20(24)29)7-11-8-14(21)17(16(23)9-11)28-10-12-5-3-4-6-15(12)22/h3-9H,10H2,1-2H3. The average Bonchev–Trinajstić information content (AvgIpc) is 2.69. The van der Waals surface area contributed by atoms with Gasteiger partial charge < -0.3 is 4.74 Å². The van der Waals surface area contributed by atoms with E-state index in [0.29, 0.717) is 25.8 Å². The summed E-state index contributed by atoms with van der Waals surface area (Å²) in [5.74, 6) is -0.501. The summed E-state index contributed by atoms with van der Waals surface area (Å²) in [6.07, 6.45) is 1.48. The zero-order valence-corrected chi connectivity index (χ0v) is 19.3. The van der Waals surface area contributed by atoms with E-state index in [0.717, 1.165) is 5.56 Å². The lowest BCUT2D eigenvalue weighted by Gasteiger charge is -2.31. The molecule has 2 aromatic rings. The third kappa shape index (κ3) is 4.48. The monoisotopic (exact) mass is 512 g/mol. The fourth-order valence-corrected chi connectivity index (χ4v) is 4.05. The Hall–Kier alpha value is -1.93. The van der Waals surface area contributed by atoms with Gasteiger partial charge in [-0.2, -0.15) is 0 Å². The van der Waals surface area contributed by atoms with Crippen molar-refractivity contribution in [1.29, 1.82) is 0 Å². The van der Waals surface area contributed by atoms with Crippen molar-refractivity contribution >= 4 is 74.4 Å². The van der Waals surface area contributed by atoms with Crippen LogP contribution in [0.5, 0.6) is 5.75 Å². The van der Waals surface area contributed by atoms with E-state index in [4.69, 9.17) is 40.2 Å². The summed E-state index contributed by atoms with van der Waals surface area (Å²) in [4.78, 5) is 27.4. The number of halogens is 3. The van der Waals surface area contributed by atoms with Gasteiger partial charge in [-0.15, -0.1) is 0 Å². The van der Waals surface area contributed by atoms with Gasteiger partial charge in [0, 0.05) is 24.7 Å². The molecule has 0 saturated carbocycles. The van der Waals surface area contributed by atoms with Crippen molar-refractivity contribution < 1.29 is 14.3 Å². The summed E-state index contributed by atoms with van der Waals surface area (Å²) in [7, 11) is 3.05. The molecule has 1 fully saturated rings. The molecule has 0 bridgehead atoms. The second-order valence-corrected chi connectivity index (χ2v) is 8.30. The Balaban J connectivity index is 1.88. The summed E-state index contributed by atoms with van der Waals surface area (Å²) in [6, 6.07) is 10.7. The van der Waals surface area contributed by atoms with Crippen LogP contribution >= 0.6 is 51.3 Å². The first-order valence-corrected chi connectivity index (χ1v) is 10.3. The second kappa shape index (κ2) is 8.83. The molecule has 0 unspecified atom stereocenters. The Morgan fingerprint density at radius 3 is 2.28 bits per heavy atom. The predicted octanol–water partition coefficient (Wildman–Crippen LogP) is 4.93. The Morgan fingerprint density at radius 2 is 1.69 bits per heavy atom. The molecule has 9 heteroatoms. The number of thiocarbonyl (C=S) groups is 1. The van der Waals surface area contributed by atoms with Crippen molar-refractivity contribution in [3.63, 3.8) is 0 Å². The lowest BCUT2D eigenvalue weighted by atomic mass is 10.1. The highest BCUT2D eigenvalue weighted by Gasteiger charge is 2.35.